The third-order valence-corrected chi connectivity index (χ3v) is 10.5. The number of carbonyl (C=O) groups excluding carboxylic acids is 2. The van der Waals surface area contributed by atoms with Gasteiger partial charge < -0.3 is 27.9 Å². The van der Waals surface area contributed by atoms with Gasteiger partial charge in [-0.25, -0.2) is 0 Å². The number of quaternary nitrogens is 1. The molecule has 0 radical (unpaired) electrons. The largest absolute Gasteiger partial charge is 0.756 e. The van der Waals surface area contributed by atoms with Crippen LogP contribution in [0.4, 0.5) is 0 Å². The van der Waals surface area contributed by atoms with Crippen LogP contribution in [0.15, 0.2) is 72.9 Å². The van der Waals surface area contributed by atoms with Crippen molar-refractivity contribution >= 4 is 19.8 Å². The molecule has 0 fully saturated rings. The van der Waals surface area contributed by atoms with Crippen LogP contribution in [0.5, 0.6) is 0 Å². The molecule has 0 amide bonds. The second-order valence-electron chi connectivity index (χ2n) is 16.4. The van der Waals surface area contributed by atoms with Crippen molar-refractivity contribution in [2.24, 2.45) is 0 Å². The SMILES string of the molecule is CC/C=C\C/C=C\C/C=C\C/C=C\C/C=C\C/C=C\CCC(=O)O[C@H](COC(=O)CCCCCCCCCCCCCCCCCC)COP(=O)([O-])OCC[N+](C)(C)C. The Morgan fingerprint density at radius 2 is 0.966 bits per heavy atom. The van der Waals surface area contributed by atoms with Crippen molar-refractivity contribution in [3.05, 3.63) is 72.9 Å². The molecule has 0 aliphatic heterocycles. The predicted molar refractivity (Wildman–Crippen MR) is 245 cm³/mol. The Morgan fingerprint density at radius 3 is 1.41 bits per heavy atom. The molecule has 0 rings (SSSR count). The maximum absolute atomic E-state index is 12.7. The van der Waals surface area contributed by atoms with E-state index >= 15 is 0 Å². The van der Waals surface area contributed by atoms with E-state index in [1.165, 1.54) is 83.5 Å². The van der Waals surface area contributed by atoms with Crippen LogP contribution in [-0.2, 0) is 32.7 Å². The van der Waals surface area contributed by atoms with E-state index in [1.807, 2.05) is 33.3 Å². The average molecular weight is 848 g/mol. The van der Waals surface area contributed by atoms with Gasteiger partial charge in [0.05, 0.1) is 27.7 Å². The number of hydrogen-bond acceptors (Lipinski definition) is 8. The number of allylic oxidation sites excluding steroid dienone is 12. The first kappa shape index (κ1) is 56.5. The van der Waals surface area contributed by atoms with E-state index in [1.54, 1.807) is 0 Å². The normalized spacial score (nSPS) is 14.2. The molecule has 0 bridgehead atoms. The van der Waals surface area contributed by atoms with Crippen LogP contribution >= 0.6 is 7.82 Å². The van der Waals surface area contributed by atoms with Gasteiger partial charge in [-0.15, -0.1) is 0 Å². The van der Waals surface area contributed by atoms with E-state index in [0.717, 1.165) is 57.8 Å². The van der Waals surface area contributed by atoms with Crippen LogP contribution in [-0.4, -0.2) is 70.0 Å². The van der Waals surface area contributed by atoms with E-state index in [-0.39, 0.29) is 26.1 Å². The lowest BCUT2D eigenvalue weighted by molar-refractivity contribution is -0.870. The fraction of sp³-hybridized carbons (Fsp3) is 0.714. The topological polar surface area (TPSA) is 111 Å². The van der Waals surface area contributed by atoms with E-state index in [2.05, 4.69) is 74.6 Å². The number of hydrogen-bond donors (Lipinski definition) is 0. The molecule has 0 aliphatic carbocycles. The van der Waals surface area contributed by atoms with E-state index in [0.29, 0.717) is 17.4 Å². The van der Waals surface area contributed by atoms with Crippen LogP contribution in [0.2, 0.25) is 0 Å². The quantitative estimate of drug-likeness (QED) is 0.0197. The van der Waals surface area contributed by atoms with Crippen molar-refractivity contribution in [3.63, 3.8) is 0 Å². The summed E-state index contributed by atoms with van der Waals surface area (Å²) in [6.07, 6.45) is 50.9. The highest BCUT2D eigenvalue weighted by Crippen LogP contribution is 2.38. The van der Waals surface area contributed by atoms with E-state index in [9.17, 15) is 19.0 Å². The Kier molecular flexibility index (Phi) is 39.1. The van der Waals surface area contributed by atoms with Gasteiger partial charge in [-0.05, 0) is 51.4 Å². The molecule has 0 N–H and O–H groups in total. The van der Waals surface area contributed by atoms with Crippen LogP contribution in [0.25, 0.3) is 0 Å². The van der Waals surface area contributed by atoms with Gasteiger partial charge in [0, 0.05) is 12.8 Å². The molecule has 59 heavy (non-hydrogen) atoms. The molecule has 0 aromatic carbocycles. The Hall–Kier alpha value is -2.55. The summed E-state index contributed by atoms with van der Waals surface area (Å²) in [5, 5.41) is 0. The maximum Gasteiger partial charge on any atom is 0.306 e. The molecule has 10 heteroatoms. The standard InChI is InChI=1S/C49H86NO8P/c1-6-8-10-12-14-16-18-20-22-24-25-26-28-30-32-34-36-38-40-42-49(52)58-47(46-57-59(53,54)56-44-43-50(3,4)5)45-55-48(51)41-39-37-35-33-31-29-27-23-21-19-17-15-13-11-9-7-2/h8,10,14,16,20,22,25-26,30,32,36,38,47H,6-7,9,11-13,15,17-19,21,23-24,27-29,31,33-35,37,39-46H2,1-5H3/b10-8-,16-14-,22-20-,26-25-,32-30-,38-36-/t47-/m1/s1. The zero-order valence-corrected chi connectivity index (χ0v) is 39.1. The number of unbranched alkanes of at least 4 members (excludes halogenated alkanes) is 15. The number of nitrogens with zero attached hydrogens (tertiary/aromatic N) is 1. The van der Waals surface area contributed by atoms with Gasteiger partial charge in [0.2, 0.25) is 0 Å². The van der Waals surface area contributed by atoms with Crippen molar-refractivity contribution in [3.8, 4) is 0 Å². The highest BCUT2D eigenvalue weighted by atomic mass is 31.2. The summed E-state index contributed by atoms with van der Waals surface area (Å²) in [5.41, 5.74) is 0. The van der Waals surface area contributed by atoms with E-state index in [4.69, 9.17) is 18.5 Å². The Labute approximate surface area is 361 Å². The smallest absolute Gasteiger partial charge is 0.306 e. The molecule has 340 valence electrons. The number of phosphoric acid groups is 1. The zero-order valence-electron chi connectivity index (χ0n) is 38.2. The predicted octanol–water partition coefficient (Wildman–Crippen LogP) is 12.8. The summed E-state index contributed by atoms with van der Waals surface area (Å²) in [5.74, 6) is -0.933. The second kappa shape index (κ2) is 40.8. The molecule has 0 aromatic rings. The first-order chi connectivity index (χ1) is 28.5. The third-order valence-electron chi connectivity index (χ3n) is 9.50. The Morgan fingerprint density at radius 1 is 0.542 bits per heavy atom. The van der Waals surface area contributed by atoms with Gasteiger partial charge in [0.1, 0.15) is 19.8 Å². The Balaban J connectivity index is 4.46. The van der Waals surface area contributed by atoms with Crippen LogP contribution < -0.4 is 4.89 Å². The molecule has 0 aliphatic rings. The summed E-state index contributed by atoms with van der Waals surface area (Å²) in [6, 6.07) is 0. The lowest BCUT2D eigenvalue weighted by Crippen LogP contribution is -2.37. The lowest BCUT2D eigenvalue weighted by atomic mass is 10.0. The average Bonchev–Trinajstić information content (AvgIpc) is 3.19. The minimum Gasteiger partial charge on any atom is -0.756 e. The highest BCUT2D eigenvalue weighted by Gasteiger charge is 2.21. The van der Waals surface area contributed by atoms with Gasteiger partial charge in [0.25, 0.3) is 7.82 Å². The van der Waals surface area contributed by atoms with Crippen molar-refractivity contribution in [2.75, 3.05) is 47.5 Å². The first-order valence-electron chi connectivity index (χ1n) is 23.1. The van der Waals surface area contributed by atoms with Crippen LogP contribution in [0.1, 0.15) is 174 Å². The zero-order chi connectivity index (χ0) is 43.6. The number of phosphoric ester groups is 1. The van der Waals surface area contributed by atoms with Crippen molar-refractivity contribution in [2.45, 2.75) is 180 Å². The van der Waals surface area contributed by atoms with Gasteiger partial charge >= 0.3 is 11.9 Å². The van der Waals surface area contributed by atoms with E-state index < -0.39 is 32.5 Å². The van der Waals surface area contributed by atoms with Crippen LogP contribution in [0, 0.1) is 0 Å². The molecule has 0 aromatic heterocycles. The van der Waals surface area contributed by atoms with Crippen molar-refractivity contribution in [1.29, 1.82) is 0 Å². The van der Waals surface area contributed by atoms with Gasteiger partial charge in [-0.2, -0.15) is 0 Å². The fourth-order valence-corrected chi connectivity index (χ4v) is 6.64. The van der Waals surface area contributed by atoms with Crippen LogP contribution in [0.3, 0.4) is 0 Å². The highest BCUT2D eigenvalue weighted by molar-refractivity contribution is 7.45. The molecule has 1 unspecified atom stereocenters. The van der Waals surface area contributed by atoms with Gasteiger partial charge in [-0.1, -0.05) is 183 Å². The van der Waals surface area contributed by atoms with Gasteiger partial charge in [-0.3, -0.25) is 14.2 Å². The molecule has 2 atom stereocenters. The monoisotopic (exact) mass is 848 g/mol. The van der Waals surface area contributed by atoms with Crippen molar-refractivity contribution < 1.29 is 42.1 Å². The minimum absolute atomic E-state index is 0.0466. The number of rotatable bonds is 41. The first-order valence-corrected chi connectivity index (χ1v) is 24.6. The molecule has 9 nitrogen and oxygen atoms in total. The van der Waals surface area contributed by atoms with Crippen molar-refractivity contribution in [1.82, 2.24) is 0 Å². The fourth-order valence-electron chi connectivity index (χ4n) is 5.92. The van der Waals surface area contributed by atoms with Gasteiger partial charge in [0.15, 0.2) is 6.10 Å². The summed E-state index contributed by atoms with van der Waals surface area (Å²) < 4.78 is 33.8. The summed E-state index contributed by atoms with van der Waals surface area (Å²) in [4.78, 5) is 37.6. The molecule has 0 saturated carbocycles. The molecule has 0 saturated heterocycles. The number of esters is 2. The molecule has 0 spiro atoms. The summed E-state index contributed by atoms with van der Waals surface area (Å²) in [7, 11) is 1.11. The Bertz CT molecular complexity index is 1230. The maximum atomic E-state index is 12.7. The number of ether oxygens (including phenoxy) is 2. The number of likely N-dealkylation sites (N-methyl/N-ethyl adjacent to an activating group) is 1. The number of carbonyl (C=O) groups is 2. The molecular weight excluding hydrogens is 762 g/mol. The third kappa shape index (κ3) is 44.8. The molecular formula is C49H86NO8P. The minimum atomic E-state index is -4.65. The summed E-state index contributed by atoms with van der Waals surface area (Å²) in [6.45, 7) is 4.03. The summed E-state index contributed by atoms with van der Waals surface area (Å²) >= 11 is 0. The lowest BCUT2D eigenvalue weighted by Gasteiger charge is -2.28. The second-order valence-corrected chi connectivity index (χ2v) is 17.8. The molecule has 0 heterocycles.